The van der Waals surface area contributed by atoms with Gasteiger partial charge in [0, 0.05) is 13.4 Å². The second-order valence-corrected chi connectivity index (χ2v) is 6.01. The lowest BCUT2D eigenvalue weighted by molar-refractivity contribution is 0.0600. The molecule has 0 aliphatic heterocycles. The summed E-state index contributed by atoms with van der Waals surface area (Å²) in [5.41, 5.74) is 0.534. The van der Waals surface area contributed by atoms with Gasteiger partial charge in [0.2, 0.25) is 0 Å². The molecule has 0 fully saturated rings. The summed E-state index contributed by atoms with van der Waals surface area (Å²) in [5, 5.41) is 9.36. The van der Waals surface area contributed by atoms with Crippen molar-refractivity contribution in [3.05, 3.63) is 51.6 Å². The predicted octanol–water partition coefficient (Wildman–Crippen LogP) is 3.93. The molecule has 3 nitrogen and oxygen atoms in total. The Hall–Kier alpha value is -1.21. The standard InChI is InChI=1S/C14H11IO3S/c1-18-14(17)9-2-5-11(6-3-9)19-13-7-4-10(16)8-12(13)15/h2-8,16H,1H3. The fourth-order valence-corrected chi connectivity index (χ4v) is 3.12. The van der Waals surface area contributed by atoms with Gasteiger partial charge >= 0.3 is 5.97 Å². The molecular weight excluding hydrogens is 375 g/mol. The van der Waals surface area contributed by atoms with E-state index in [2.05, 4.69) is 27.3 Å². The molecule has 0 aliphatic rings. The van der Waals surface area contributed by atoms with E-state index in [1.54, 1.807) is 36.0 Å². The SMILES string of the molecule is COC(=O)c1ccc(Sc2ccc(O)cc2I)cc1. The molecule has 0 bridgehead atoms. The first-order valence-corrected chi connectivity index (χ1v) is 7.34. The predicted molar refractivity (Wildman–Crippen MR) is 82.7 cm³/mol. The van der Waals surface area contributed by atoms with Crippen LogP contribution in [0.1, 0.15) is 10.4 Å². The van der Waals surface area contributed by atoms with E-state index in [9.17, 15) is 9.90 Å². The lowest BCUT2D eigenvalue weighted by Crippen LogP contribution is -2.00. The Morgan fingerprint density at radius 3 is 2.47 bits per heavy atom. The van der Waals surface area contributed by atoms with Crippen LogP contribution in [0, 0.1) is 3.57 Å². The number of esters is 1. The van der Waals surface area contributed by atoms with Crippen LogP contribution in [-0.2, 0) is 4.74 Å². The van der Waals surface area contributed by atoms with Crippen molar-refractivity contribution in [2.45, 2.75) is 9.79 Å². The third-order valence-corrected chi connectivity index (χ3v) is 4.76. The van der Waals surface area contributed by atoms with Crippen molar-refractivity contribution in [1.82, 2.24) is 0 Å². The van der Waals surface area contributed by atoms with Gasteiger partial charge in [-0.3, -0.25) is 0 Å². The molecule has 1 N–H and O–H groups in total. The van der Waals surface area contributed by atoms with E-state index in [1.165, 1.54) is 7.11 Å². The fourth-order valence-electron chi connectivity index (χ4n) is 1.48. The molecule has 0 saturated carbocycles. The summed E-state index contributed by atoms with van der Waals surface area (Å²) in [6.07, 6.45) is 0. The highest BCUT2D eigenvalue weighted by molar-refractivity contribution is 14.1. The average molecular weight is 386 g/mol. The summed E-state index contributed by atoms with van der Waals surface area (Å²) in [6.45, 7) is 0. The number of methoxy groups -OCH3 is 1. The van der Waals surface area contributed by atoms with Crippen LogP contribution >= 0.6 is 34.4 Å². The van der Waals surface area contributed by atoms with E-state index in [0.29, 0.717) is 5.56 Å². The number of ether oxygens (including phenoxy) is 1. The molecule has 0 atom stereocenters. The van der Waals surface area contributed by atoms with Crippen LogP contribution < -0.4 is 0 Å². The molecular formula is C14H11IO3S. The lowest BCUT2D eigenvalue weighted by atomic mass is 10.2. The summed E-state index contributed by atoms with van der Waals surface area (Å²) >= 11 is 3.76. The zero-order valence-electron chi connectivity index (χ0n) is 10.1. The van der Waals surface area contributed by atoms with Gasteiger partial charge < -0.3 is 9.84 Å². The molecule has 0 unspecified atom stereocenters. The third kappa shape index (κ3) is 3.63. The Labute approximate surface area is 129 Å². The molecule has 19 heavy (non-hydrogen) atoms. The Morgan fingerprint density at radius 1 is 1.21 bits per heavy atom. The number of phenolic OH excluding ortho intramolecular Hbond substituents is 1. The highest BCUT2D eigenvalue weighted by Crippen LogP contribution is 2.33. The van der Waals surface area contributed by atoms with Crippen LogP contribution in [0.3, 0.4) is 0 Å². The average Bonchev–Trinajstić information content (AvgIpc) is 2.42. The number of aromatic hydroxyl groups is 1. The van der Waals surface area contributed by atoms with Gasteiger partial charge in [-0.1, -0.05) is 11.8 Å². The Kier molecular flexibility index (Phi) is 4.71. The molecule has 0 amide bonds. The molecule has 98 valence electrons. The number of halogens is 1. The summed E-state index contributed by atoms with van der Waals surface area (Å²) in [5.74, 6) is -0.0782. The lowest BCUT2D eigenvalue weighted by Gasteiger charge is -2.05. The van der Waals surface area contributed by atoms with Gasteiger partial charge in [-0.15, -0.1) is 0 Å². The van der Waals surface area contributed by atoms with Gasteiger partial charge in [0.25, 0.3) is 0 Å². The number of carbonyl (C=O) groups is 1. The van der Waals surface area contributed by atoms with Crippen LogP contribution in [-0.4, -0.2) is 18.2 Å². The number of carbonyl (C=O) groups excluding carboxylic acids is 1. The number of benzene rings is 2. The van der Waals surface area contributed by atoms with Gasteiger partial charge in [-0.25, -0.2) is 4.79 Å². The molecule has 0 aliphatic carbocycles. The van der Waals surface area contributed by atoms with Crippen LogP contribution in [0.5, 0.6) is 5.75 Å². The summed E-state index contributed by atoms with van der Waals surface area (Å²) in [6, 6.07) is 12.5. The molecule has 0 radical (unpaired) electrons. The minimum absolute atomic E-state index is 0.259. The van der Waals surface area contributed by atoms with Gasteiger partial charge in [-0.2, -0.15) is 0 Å². The fraction of sp³-hybridized carbons (Fsp3) is 0.0714. The van der Waals surface area contributed by atoms with Crippen molar-refractivity contribution in [3.8, 4) is 5.75 Å². The smallest absolute Gasteiger partial charge is 0.337 e. The minimum atomic E-state index is -0.337. The van der Waals surface area contributed by atoms with Crippen LogP contribution in [0.15, 0.2) is 52.3 Å². The Morgan fingerprint density at radius 2 is 1.89 bits per heavy atom. The maximum atomic E-state index is 11.3. The van der Waals surface area contributed by atoms with Crippen molar-refractivity contribution < 1.29 is 14.6 Å². The van der Waals surface area contributed by atoms with Crippen molar-refractivity contribution in [2.24, 2.45) is 0 Å². The van der Waals surface area contributed by atoms with Crippen LogP contribution in [0.25, 0.3) is 0 Å². The van der Waals surface area contributed by atoms with E-state index in [1.807, 2.05) is 18.2 Å². The molecule has 0 heterocycles. The van der Waals surface area contributed by atoms with Gasteiger partial charge in [0.05, 0.1) is 12.7 Å². The summed E-state index contributed by atoms with van der Waals surface area (Å²) in [4.78, 5) is 13.4. The van der Waals surface area contributed by atoms with E-state index in [4.69, 9.17) is 0 Å². The zero-order chi connectivity index (χ0) is 13.8. The molecule has 5 heteroatoms. The molecule has 0 aromatic heterocycles. The number of rotatable bonds is 3. The van der Waals surface area contributed by atoms with Gasteiger partial charge in [-0.05, 0) is 65.1 Å². The first-order valence-electron chi connectivity index (χ1n) is 5.45. The molecule has 2 rings (SSSR count). The maximum absolute atomic E-state index is 11.3. The number of phenols is 1. The zero-order valence-corrected chi connectivity index (χ0v) is 13.1. The first kappa shape index (κ1) is 14.2. The van der Waals surface area contributed by atoms with E-state index in [0.717, 1.165) is 13.4 Å². The van der Waals surface area contributed by atoms with Crippen molar-refractivity contribution in [3.63, 3.8) is 0 Å². The largest absolute Gasteiger partial charge is 0.508 e. The molecule has 2 aromatic carbocycles. The highest BCUT2D eigenvalue weighted by atomic mass is 127. The van der Waals surface area contributed by atoms with Crippen molar-refractivity contribution >= 4 is 40.3 Å². The molecule has 0 spiro atoms. The summed E-state index contributed by atoms with van der Waals surface area (Å²) < 4.78 is 5.64. The van der Waals surface area contributed by atoms with E-state index in [-0.39, 0.29) is 11.7 Å². The monoisotopic (exact) mass is 386 g/mol. The molecule has 0 saturated heterocycles. The third-order valence-electron chi connectivity index (χ3n) is 2.42. The highest BCUT2D eigenvalue weighted by Gasteiger charge is 2.06. The van der Waals surface area contributed by atoms with E-state index < -0.39 is 0 Å². The quantitative estimate of drug-likeness (QED) is 0.642. The van der Waals surface area contributed by atoms with Crippen LogP contribution in [0.2, 0.25) is 0 Å². The topological polar surface area (TPSA) is 46.5 Å². The first-order chi connectivity index (χ1) is 9.10. The van der Waals surface area contributed by atoms with Crippen molar-refractivity contribution in [1.29, 1.82) is 0 Å². The maximum Gasteiger partial charge on any atom is 0.337 e. The minimum Gasteiger partial charge on any atom is -0.508 e. The second kappa shape index (κ2) is 6.29. The van der Waals surface area contributed by atoms with Gasteiger partial charge in [0.1, 0.15) is 5.75 Å². The van der Waals surface area contributed by atoms with Gasteiger partial charge in [0.15, 0.2) is 0 Å². The Balaban J connectivity index is 2.17. The number of hydrogen-bond acceptors (Lipinski definition) is 4. The van der Waals surface area contributed by atoms with E-state index >= 15 is 0 Å². The van der Waals surface area contributed by atoms with Crippen LogP contribution in [0.4, 0.5) is 0 Å². The molecule has 2 aromatic rings. The normalized spacial score (nSPS) is 10.2. The number of hydrogen-bond donors (Lipinski definition) is 1. The Bertz CT molecular complexity index is 596. The second-order valence-electron chi connectivity index (χ2n) is 3.73. The van der Waals surface area contributed by atoms with Crippen molar-refractivity contribution in [2.75, 3.05) is 7.11 Å². The summed E-state index contributed by atoms with van der Waals surface area (Å²) in [7, 11) is 1.36.